The second-order valence-corrected chi connectivity index (χ2v) is 4.50. The summed E-state index contributed by atoms with van der Waals surface area (Å²) in [5.74, 6) is 0. The Labute approximate surface area is 103 Å². The molecule has 0 rings (SSSR count). The third-order valence-electron chi connectivity index (χ3n) is 2.28. The van der Waals surface area contributed by atoms with Crippen molar-refractivity contribution in [2.75, 3.05) is 18.5 Å². The van der Waals surface area contributed by atoms with Crippen molar-refractivity contribution in [1.82, 2.24) is 0 Å². The van der Waals surface area contributed by atoms with Crippen LogP contribution in [0.1, 0.15) is 52.4 Å². The molecule has 0 aliphatic rings. The summed E-state index contributed by atoms with van der Waals surface area (Å²) in [6.07, 6.45) is 7.74. The van der Waals surface area contributed by atoms with Gasteiger partial charge in [-0.3, -0.25) is 0 Å². The lowest BCUT2D eigenvalue weighted by Crippen LogP contribution is -2.13. The van der Waals surface area contributed by atoms with Crippen molar-refractivity contribution < 1.29 is 9.47 Å². The van der Waals surface area contributed by atoms with E-state index < -0.39 is 0 Å². The van der Waals surface area contributed by atoms with Crippen LogP contribution in [0.15, 0.2) is 0 Å². The Kier molecular flexibility index (Phi) is 12.8. The maximum Gasteiger partial charge on any atom is 0.154 e. The summed E-state index contributed by atoms with van der Waals surface area (Å²) >= 11 is 3.44. The minimum atomic E-state index is -0.0385. The van der Waals surface area contributed by atoms with Gasteiger partial charge in [0.15, 0.2) is 6.29 Å². The zero-order valence-corrected chi connectivity index (χ0v) is 11.7. The first-order valence-electron chi connectivity index (χ1n) is 6.10. The Morgan fingerprint density at radius 1 is 0.933 bits per heavy atom. The summed E-state index contributed by atoms with van der Waals surface area (Å²) in [7, 11) is 0. The molecule has 0 fully saturated rings. The van der Waals surface area contributed by atoms with Crippen molar-refractivity contribution in [3.8, 4) is 0 Å². The van der Waals surface area contributed by atoms with E-state index in [1.165, 1.54) is 32.1 Å². The molecular weight excluding hydrogens is 256 g/mol. The molecule has 92 valence electrons. The topological polar surface area (TPSA) is 18.5 Å². The van der Waals surface area contributed by atoms with E-state index in [4.69, 9.17) is 9.47 Å². The number of halogens is 1. The summed E-state index contributed by atoms with van der Waals surface area (Å²) in [6, 6.07) is 0. The van der Waals surface area contributed by atoms with E-state index in [2.05, 4.69) is 15.9 Å². The van der Waals surface area contributed by atoms with Crippen molar-refractivity contribution in [3.63, 3.8) is 0 Å². The van der Waals surface area contributed by atoms with Gasteiger partial charge in [-0.25, -0.2) is 0 Å². The predicted octanol–water partition coefficient (Wildman–Crippen LogP) is 4.12. The van der Waals surface area contributed by atoms with E-state index in [0.29, 0.717) is 0 Å². The third-order valence-corrected chi connectivity index (χ3v) is 2.84. The van der Waals surface area contributed by atoms with E-state index >= 15 is 0 Å². The van der Waals surface area contributed by atoms with Gasteiger partial charge in [-0.2, -0.15) is 0 Å². The van der Waals surface area contributed by atoms with E-state index in [0.717, 1.165) is 25.0 Å². The van der Waals surface area contributed by atoms with Crippen molar-refractivity contribution >= 4 is 15.9 Å². The van der Waals surface area contributed by atoms with Crippen LogP contribution in [0, 0.1) is 0 Å². The molecule has 1 unspecified atom stereocenters. The maximum absolute atomic E-state index is 5.48. The Morgan fingerprint density at radius 2 is 1.53 bits per heavy atom. The van der Waals surface area contributed by atoms with Crippen LogP contribution in [0.5, 0.6) is 0 Å². The van der Waals surface area contributed by atoms with Gasteiger partial charge in [0.2, 0.25) is 0 Å². The first-order chi connectivity index (χ1) is 7.31. The summed E-state index contributed by atoms with van der Waals surface area (Å²) in [4.78, 5) is 0. The van der Waals surface area contributed by atoms with E-state index in [9.17, 15) is 0 Å². The van der Waals surface area contributed by atoms with Crippen LogP contribution in [-0.2, 0) is 9.47 Å². The van der Waals surface area contributed by atoms with Crippen LogP contribution >= 0.6 is 15.9 Å². The highest BCUT2D eigenvalue weighted by Crippen LogP contribution is 2.07. The average Bonchev–Trinajstić information content (AvgIpc) is 2.22. The lowest BCUT2D eigenvalue weighted by Gasteiger charge is -2.12. The maximum atomic E-state index is 5.48. The summed E-state index contributed by atoms with van der Waals surface area (Å²) in [5, 5.41) is 1.14. The number of hydrogen-bond acceptors (Lipinski definition) is 2. The summed E-state index contributed by atoms with van der Waals surface area (Å²) < 4.78 is 10.8. The molecule has 0 heterocycles. The van der Waals surface area contributed by atoms with Crippen LogP contribution in [0.2, 0.25) is 0 Å². The molecule has 3 heteroatoms. The molecular formula is C12H25BrO2. The Morgan fingerprint density at radius 3 is 2.13 bits per heavy atom. The molecule has 0 bridgehead atoms. The van der Waals surface area contributed by atoms with Crippen molar-refractivity contribution in [2.45, 2.75) is 58.7 Å². The van der Waals surface area contributed by atoms with Gasteiger partial charge in [0.25, 0.3) is 0 Å². The number of rotatable bonds is 11. The average molecular weight is 281 g/mol. The van der Waals surface area contributed by atoms with Gasteiger partial charge in [0.1, 0.15) is 0 Å². The highest BCUT2D eigenvalue weighted by atomic mass is 79.9. The van der Waals surface area contributed by atoms with Crippen LogP contribution in [-0.4, -0.2) is 24.8 Å². The quantitative estimate of drug-likeness (QED) is 0.322. The summed E-state index contributed by atoms with van der Waals surface area (Å²) in [6.45, 7) is 5.51. The van der Waals surface area contributed by atoms with E-state index in [1.807, 2.05) is 13.8 Å². The third kappa shape index (κ3) is 12.3. The largest absolute Gasteiger partial charge is 0.353 e. The molecule has 0 spiro atoms. The molecule has 0 N–H and O–H groups in total. The van der Waals surface area contributed by atoms with Crippen LogP contribution < -0.4 is 0 Å². The lowest BCUT2D eigenvalue weighted by molar-refractivity contribution is -0.127. The first kappa shape index (κ1) is 15.4. The number of unbranched alkanes of at least 4 members (excludes halogenated alkanes) is 5. The zero-order valence-electron chi connectivity index (χ0n) is 10.1. The minimum Gasteiger partial charge on any atom is -0.353 e. The molecule has 0 aliphatic carbocycles. The minimum absolute atomic E-state index is 0.0385. The Bertz CT molecular complexity index is 120. The SMILES string of the molecule is CCOC(C)OCCCCCCCCBr. The van der Waals surface area contributed by atoms with Gasteiger partial charge in [-0.1, -0.05) is 41.6 Å². The normalized spacial score (nSPS) is 13.0. The fourth-order valence-electron chi connectivity index (χ4n) is 1.44. The highest BCUT2D eigenvalue weighted by molar-refractivity contribution is 9.09. The van der Waals surface area contributed by atoms with E-state index in [1.54, 1.807) is 0 Å². The Balaban J connectivity index is 2.98. The van der Waals surface area contributed by atoms with Crippen molar-refractivity contribution in [1.29, 1.82) is 0 Å². The molecule has 0 aromatic heterocycles. The van der Waals surface area contributed by atoms with Crippen LogP contribution in [0.25, 0.3) is 0 Å². The number of ether oxygens (including phenoxy) is 2. The number of hydrogen-bond donors (Lipinski definition) is 0. The molecule has 0 saturated heterocycles. The fourth-order valence-corrected chi connectivity index (χ4v) is 1.83. The Hall–Kier alpha value is 0.400. The van der Waals surface area contributed by atoms with Gasteiger partial charge in [-0.15, -0.1) is 0 Å². The molecule has 2 nitrogen and oxygen atoms in total. The molecule has 0 saturated carbocycles. The van der Waals surface area contributed by atoms with Gasteiger partial charge < -0.3 is 9.47 Å². The molecule has 0 amide bonds. The van der Waals surface area contributed by atoms with Gasteiger partial charge in [0.05, 0.1) is 0 Å². The van der Waals surface area contributed by atoms with Crippen molar-refractivity contribution in [2.24, 2.45) is 0 Å². The molecule has 15 heavy (non-hydrogen) atoms. The van der Waals surface area contributed by atoms with Gasteiger partial charge in [0, 0.05) is 18.5 Å². The van der Waals surface area contributed by atoms with Crippen molar-refractivity contribution in [3.05, 3.63) is 0 Å². The van der Waals surface area contributed by atoms with Gasteiger partial charge >= 0.3 is 0 Å². The molecule has 1 atom stereocenters. The standard InChI is InChI=1S/C12H25BrO2/c1-3-14-12(2)15-11-9-7-5-4-6-8-10-13/h12H,3-11H2,1-2H3. The predicted molar refractivity (Wildman–Crippen MR) is 68.5 cm³/mol. The second-order valence-electron chi connectivity index (χ2n) is 3.70. The van der Waals surface area contributed by atoms with E-state index in [-0.39, 0.29) is 6.29 Å². The highest BCUT2D eigenvalue weighted by Gasteiger charge is 1.99. The molecule has 0 radical (unpaired) electrons. The number of alkyl halides is 1. The zero-order chi connectivity index (χ0) is 11.4. The van der Waals surface area contributed by atoms with Crippen LogP contribution in [0.3, 0.4) is 0 Å². The lowest BCUT2D eigenvalue weighted by atomic mass is 10.1. The molecule has 0 aromatic rings. The molecule has 0 aliphatic heterocycles. The fraction of sp³-hybridized carbons (Fsp3) is 1.00. The second kappa shape index (κ2) is 12.5. The summed E-state index contributed by atoms with van der Waals surface area (Å²) in [5.41, 5.74) is 0. The van der Waals surface area contributed by atoms with Crippen LogP contribution in [0.4, 0.5) is 0 Å². The monoisotopic (exact) mass is 280 g/mol. The first-order valence-corrected chi connectivity index (χ1v) is 7.22. The van der Waals surface area contributed by atoms with Gasteiger partial charge in [-0.05, 0) is 26.7 Å². The smallest absolute Gasteiger partial charge is 0.154 e. The molecule has 0 aromatic carbocycles.